The summed E-state index contributed by atoms with van der Waals surface area (Å²) in [7, 11) is 2.02. The van der Waals surface area contributed by atoms with E-state index >= 15 is 0 Å². The van der Waals surface area contributed by atoms with Crippen LogP contribution in [0.25, 0.3) is 0 Å². The van der Waals surface area contributed by atoms with Gasteiger partial charge in [-0.1, -0.05) is 13.8 Å². The van der Waals surface area contributed by atoms with Gasteiger partial charge < -0.3 is 15.2 Å². The summed E-state index contributed by atoms with van der Waals surface area (Å²) < 4.78 is 5.57. The molecule has 0 unspecified atom stereocenters. The molecule has 9 atom stereocenters. The molecular weight excluding hydrogens is 362 g/mol. The summed E-state index contributed by atoms with van der Waals surface area (Å²) in [5.41, 5.74) is 0.636. The van der Waals surface area contributed by atoms with Crippen LogP contribution in [0.15, 0.2) is 0 Å². The molecule has 4 aliphatic rings. The van der Waals surface area contributed by atoms with Crippen molar-refractivity contribution in [1.82, 2.24) is 5.32 Å². The Morgan fingerprint density at radius 1 is 1.04 bits per heavy atom. The molecule has 0 aliphatic heterocycles. The number of esters is 1. The summed E-state index contributed by atoms with van der Waals surface area (Å²) in [6.45, 7) is 6.50. The zero-order valence-electron chi connectivity index (χ0n) is 17.4. The number of carbonyl (C=O) groups is 1. The SMILES string of the molecule is CN[C@H]1[C@H](O)C[C@H]2[C@@H]3CC[C@H]4C[C@@H](OC(C)=O)CC[C@]4(C)[C@H]3CC[C@@]21C.Cl. The van der Waals surface area contributed by atoms with E-state index in [1.54, 1.807) is 0 Å². The standard InChI is InChI=1S/C22H37NO3.ClH/c1-13(24)26-15-7-9-21(2)14(11-15)5-6-16-17(21)8-10-22(3)18(16)12-19(25)20(22)23-4;/h14-20,23,25H,5-12H2,1-4H3;1H/t14-,15-,16+,17-,18-,19+,20-,21-,22-;/m0./s1. The summed E-state index contributed by atoms with van der Waals surface area (Å²) in [5, 5.41) is 14.1. The first-order valence-corrected chi connectivity index (χ1v) is 10.8. The van der Waals surface area contributed by atoms with Gasteiger partial charge in [0.2, 0.25) is 0 Å². The minimum atomic E-state index is -0.195. The number of ether oxygens (including phenoxy) is 1. The Kier molecular flexibility index (Phi) is 5.94. The smallest absolute Gasteiger partial charge is 0.302 e. The van der Waals surface area contributed by atoms with E-state index < -0.39 is 0 Å². The molecule has 5 heteroatoms. The van der Waals surface area contributed by atoms with Gasteiger partial charge in [-0.2, -0.15) is 0 Å². The highest BCUT2D eigenvalue weighted by atomic mass is 35.5. The van der Waals surface area contributed by atoms with E-state index in [9.17, 15) is 9.90 Å². The van der Waals surface area contributed by atoms with Gasteiger partial charge in [-0.3, -0.25) is 4.79 Å². The molecule has 0 aromatic heterocycles. The second-order valence-corrected chi connectivity index (χ2v) is 10.3. The Labute approximate surface area is 170 Å². The Hall–Kier alpha value is -0.320. The number of aliphatic hydroxyl groups excluding tert-OH is 1. The van der Waals surface area contributed by atoms with E-state index in [1.807, 2.05) is 7.05 Å². The van der Waals surface area contributed by atoms with Crippen LogP contribution in [0.2, 0.25) is 0 Å². The number of fused-ring (bicyclic) bond motifs is 5. The number of rotatable bonds is 2. The van der Waals surface area contributed by atoms with Gasteiger partial charge in [0, 0.05) is 13.0 Å². The van der Waals surface area contributed by atoms with Crippen LogP contribution in [-0.2, 0) is 9.53 Å². The molecule has 0 amide bonds. The topological polar surface area (TPSA) is 58.6 Å². The Morgan fingerprint density at radius 2 is 1.74 bits per heavy atom. The minimum absolute atomic E-state index is 0. The molecule has 0 aromatic carbocycles. The van der Waals surface area contributed by atoms with Crippen LogP contribution >= 0.6 is 12.4 Å². The lowest BCUT2D eigenvalue weighted by Crippen LogP contribution is -2.56. The average Bonchev–Trinajstić information content (AvgIpc) is 2.84. The fourth-order valence-electron chi connectivity index (χ4n) is 8.10. The molecule has 0 aromatic rings. The van der Waals surface area contributed by atoms with Gasteiger partial charge in [-0.15, -0.1) is 12.4 Å². The van der Waals surface area contributed by atoms with Crippen molar-refractivity contribution >= 4 is 18.4 Å². The Balaban J connectivity index is 0.00000210. The number of halogens is 1. The molecule has 27 heavy (non-hydrogen) atoms. The third-order valence-corrected chi connectivity index (χ3v) is 9.29. The van der Waals surface area contributed by atoms with Gasteiger partial charge in [0.1, 0.15) is 6.10 Å². The summed E-state index contributed by atoms with van der Waals surface area (Å²) >= 11 is 0. The number of likely N-dealkylation sites (N-methyl/N-ethyl adjacent to an activating group) is 1. The van der Waals surface area contributed by atoms with Crippen LogP contribution in [0.3, 0.4) is 0 Å². The van der Waals surface area contributed by atoms with Gasteiger partial charge in [0.25, 0.3) is 0 Å². The van der Waals surface area contributed by atoms with E-state index in [1.165, 1.54) is 39.0 Å². The number of hydrogen-bond acceptors (Lipinski definition) is 4. The number of aliphatic hydroxyl groups is 1. The van der Waals surface area contributed by atoms with E-state index in [0.29, 0.717) is 17.3 Å². The highest BCUT2D eigenvalue weighted by molar-refractivity contribution is 5.85. The van der Waals surface area contributed by atoms with Crippen molar-refractivity contribution in [2.75, 3.05) is 7.05 Å². The normalized spacial score (nSPS) is 51.4. The Morgan fingerprint density at radius 3 is 2.41 bits per heavy atom. The molecule has 156 valence electrons. The Bertz CT molecular complexity index is 572. The molecule has 4 rings (SSSR count). The fraction of sp³-hybridized carbons (Fsp3) is 0.955. The number of carbonyl (C=O) groups excluding carboxylic acids is 1. The lowest BCUT2D eigenvalue weighted by molar-refractivity contribution is -0.159. The molecule has 4 fully saturated rings. The molecule has 0 spiro atoms. The molecule has 0 radical (unpaired) electrons. The molecule has 0 saturated heterocycles. The number of nitrogens with one attached hydrogen (secondary N) is 1. The van der Waals surface area contributed by atoms with Crippen molar-refractivity contribution in [2.45, 2.75) is 90.4 Å². The fourth-order valence-corrected chi connectivity index (χ4v) is 8.10. The van der Waals surface area contributed by atoms with Gasteiger partial charge in [-0.05, 0) is 92.9 Å². The second-order valence-electron chi connectivity index (χ2n) is 10.3. The summed E-state index contributed by atoms with van der Waals surface area (Å²) in [5.74, 6) is 2.75. The lowest BCUT2D eigenvalue weighted by Gasteiger charge is -2.61. The third-order valence-electron chi connectivity index (χ3n) is 9.29. The summed E-state index contributed by atoms with van der Waals surface area (Å²) in [6, 6.07) is 0.249. The van der Waals surface area contributed by atoms with E-state index in [-0.39, 0.29) is 42.0 Å². The van der Waals surface area contributed by atoms with Crippen LogP contribution in [0, 0.1) is 34.5 Å². The maximum atomic E-state index is 11.4. The maximum absolute atomic E-state index is 11.4. The molecule has 2 N–H and O–H groups in total. The first-order chi connectivity index (χ1) is 12.3. The average molecular weight is 400 g/mol. The molecule has 0 bridgehead atoms. The molecule has 4 aliphatic carbocycles. The predicted octanol–water partition coefficient (Wildman–Crippen LogP) is 3.94. The van der Waals surface area contributed by atoms with Crippen LogP contribution in [0.4, 0.5) is 0 Å². The van der Waals surface area contributed by atoms with Gasteiger partial charge in [0.15, 0.2) is 0 Å². The first-order valence-electron chi connectivity index (χ1n) is 10.8. The maximum Gasteiger partial charge on any atom is 0.302 e. The van der Waals surface area contributed by atoms with Gasteiger partial charge >= 0.3 is 5.97 Å². The highest BCUT2D eigenvalue weighted by Gasteiger charge is 2.62. The van der Waals surface area contributed by atoms with Crippen LogP contribution in [0.5, 0.6) is 0 Å². The largest absolute Gasteiger partial charge is 0.463 e. The van der Waals surface area contributed by atoms with Gasteiger partial charge in [0.05, 0.1) is 6.10 Å². The lowest BCUT2D eigenvalue weighted by atomic mass is 9.45. The number of hydrogen-bond donors (Lipinski definition) is 2. The summed E-state index contributed by atoms with van der Waals surface area (Å²) in [6.07, 6.45) is 9.28. The molecule has 4 saturated carbocycles. The van der Waals surface area contributed by atoms with Gasteiger partial charge in [-0.25, -0.2) is 0 Å². The summed E-state index contributed by atoms with van der Waals surface area (Å²) in [4.78, 5) is 11.4. The quantitative estimate of drug-likeness (QED) is 0.690. The monoisotopic (exact) mass is 399 g/mol. The predicted molar refractivity (Wildman–Crippen MR) is 109 cm³/mol. The zero-order chi connectivity index (χ0) is 18.7. The van der Waals surface area contributed by atoms with E-state index in [0.717, 1.165) is 31.1 Å². The van der Waals surface area contributed by atoms with Crippen LogP contribution in [-0.4, -0.2) is 36.4 Å². The van der Waals surface area contributed by atoms with Crippen LogP contribution in [0.1, 0.15) is 72.1 Å². The first kappa shape index (κ1) is 21.4. The molecule has 0 heterocycles. The van der Waals surface area contributed by atoms with Crippen molar-refractivity contribution in [3.63, 3.8) is 0 Å². The van der Waals surface area contributed by atoms with E-state index in [2.05, 4.69) is 19.2 Å². The molecular formula is C22H38ClNO3. The van der Waals surface area contributed by atoms with Crippen molar-refractivity contribution in [1.29, 1.82) is 0 Å². The molecule has 4 nitrogen and oxygen atoms in total. The second kappa shape index (κ2) is 7.50. The van der Waals surface area contributed by atoms with Crippen molar-refractivity contribution < 1.29 is 14.6 Å². The van der Waals surface area contributed by atoms with Crippen molar-refractivity contribution in [3.8, 4) is 0 Å². The highest BCUT2D eigenvalue weighted by Crippen LogP contribution is 2.66. The third kappa shape index (κ3) is 3.24. The van der Waals surface area contributed by atoms with Crippen LogP contribution < -0.4 is 5.32 Å². The zero-order valence-corrected chi connectivity index (χ0v) is 18.2. The van der Waals surface area contributed by atoms with Crippen molar-refractivity contribution in [2.24, 2.45) is 34.5 Å². The minimum Gasteiger partial charge on any atom is -0.463 e. The van der Waals surface area contributed by atoms with E-state index in [4.69, 9.17) is 4.74 Å². The van der Waals surface area contributed by atoms with Crippen molar-refractivity contribution in [3.05, 3.63) is 0 Å².